The molecule has 0 radical (unpaired) electrons. The Labute approximate surface area is 137 Å². The molecule has 0 aliphatic rings. The van der Waals surface area contributed by atoms with Gasteiger partial charge in [-0.05, 0) is 29.7 Å². The molecule has 3 nitrogen and oxygen atoms in total. The summed E-state index contributed by atoms with van der Waals surface area (Å²) in [6.07, 6.45) is -3.28. The summed E-state index contributed by atoms with van der Waals surface area (Å²) in [5, 5.41) is 14.4. The van der Waals surface area contributed by atoms with Crippen LogP contribution in [-0.4, -0.2) is 9.78 Å². The van der Waals surface area contributed by atoms with Crippen LogP contribution in [0.1, 0.15) is 16.8 Å². The Morgan fingerprint density at radius 2 is 1.77 bits per heavy atom. The molecule has 0 aliphatic carbocycles. The second kappa shape index (κ2) is 6.10. The maximum absolute atomic E-state index is 12.7. The van der Waals surface area contributed by atoms with Crippen LogP contribution in [0.25, 0.3) is 5.69 Å². The van der Waals surface area contributed by atoms with Crippen molar-refractivity contribution in [3.8, 4) is 23.1 Å². The molecule has 2 aromatic rings. The van der Waals surface area contributed by atoms with E-state index in [1.807, 2.05) is 0 Å². The predicted molar refractivity (Wildman–Crippen MR) is 76.0 cm³/mol. The maximum Gasteiger partial charge on any atom is 0.416 e. The molecule has 0 amide bonds. The lowest BCUT2D eigenvalue weighted by molar-refractivity contribution is -0.137. The molecule has 0 saturated heterocycles. The normalized spacial score (nSPS) is 10.8. The van der Waals surface area contributed by atoms with Crippen molar-refractivity contribution < 1.29 is 13.2 Å². The molecule has 2 rings (SSSR count). The number of nitrogens with zero attached hydrogens (tertiary/aromatic N) is 3. The molecule has 1 aromatic heterocycles. The van der Waals surface area contributed by atoms with E-state index in [9.17, 15) is 13.2 Å². The number of benzene rings is 1. The molecule has 0 fully saturated rings. The number of hydrogen-bond acceptors (Lipinski definition) is 2. The minimum Gasteiger partial charge on any atom is -0.235 e. The summed E-state index contributed by atoms with van der Waals surface area (Å²) >= 11 is 17.0. The van der Waals surface area contributed by atoms with Gasteiger partial charge in [-0.1, -0.05) is 23.2 Å². The van der Waals surface area contributed by atoms with Crippen molar-refractivity contribution in [3.05, 3.63) is 45.2 Å². The van der Waals surface area contributed by atoms with Gasteiger partial charge >= 0.3 is 6.18 Å². The van der Waals surface area contributed by atoms with Crippen molar-refractivity contribution in [3.63, 3.8) is 0 Å². The standard InChI is InChI=1S/C13H3Cl3F3N3/c14-2-1-7-6-22(21-11(7)5-20)12-9(15)3-8(4-10(12)16)13(17,18)19/h3-4,6H. The number of nitriles is 1. The summed E-state index contributed by atoms with van der Waals surface area (Å²) in [5.41, 5.74) is -0.833. The summed E-state index contributed by atoms with van der Waals surface area (Å²) < 4.78 is 39.2. The second-order valence-corrected chi connectivity index (χ2v) is 4.96. The molecule has 0 saturated carbocycles. The molecule has 0 unspecified atom stereocenters. The van der Waals surface area contributed by atoms with Gasteiger partial charge in [0.25, 0.3) is 0 Å². The van der Waals surface area contributed by atoms with Crippen LogP contribution < -0.4 is 0 Å². The van der Waals surface area contributed by atoms with Crippen LogP contribution in [0.3, 0.4) is 0 Å². The fraction of sp³-hybridized carbons (Fsp3) is 0.0769. The Kier molecular flexibility index (Phi) is 4.58. The number of hydrogen-bond donors (Lipinski definition) is 0. The Bertz CT molecular complexity index is 815. The van der Waals surface area contributed by atoms with Gasteiger partial charge in [0.15, 0.2) is 5.69 Å². The fourth-order valence-corrected chi connectivity index (χ4v) is 2.42. The zero-order chi connectivity index (χ0) is 16.5. The maximum atomic E-state index is 12.7. The average Bonchev–Trinajstić information content (AvgIpc) is 2.80. The minimum atomic E-state index is -4.58. The van der Waals surface area contributed by atoms with Crippen molar-refractivity contribution in [2.45, 2.75) is 6.18 Å². The van der Waals surface area contributed by atoms with Gasteiger partial charge in [0.1, 0.15) is 11.8 Å². The number of alkyl halides is 3. The van der Waals surface area contributed by atoms with E-state index in [1.54, 1.807) is 6.07 Å². The average molecular weight is 365 g/mol. The van der Waals surface area contributed by atoms with E-state index in [2.05, 4.69) is 16.4 Å². The van der Waals surface area contributed by atoms with E-state index < -0.39 is 11.7 Å². The molecular weight excluding hydrogens is 362 g/mol. The molecule has 0 spiro atoms. The highest BCUT2D eigenvalue weighted by atomic mass is 35.5. The Morgan fingerprint density at radius 3 is 2.23 bits per heavy atom. The molecular formula is C13H3Cl3F3N3. The van der Waals surface area contributed by atoms with Crippen LogP contribution in [0.4, 0.5) is 13.2 Å². The van der Waals surface area contributed by atoms with Gasteiger partial charge in [0, 0.05) is 11.6 Å². The summed E-state index contributed by atoms with van der Waals surface area (Å²) in [4.78, 5) is 0. The van der Waals surface area contributed by atoms with Crippen molar-refractivity contribution in [2.75, 3.05) is 0 Å². The van der Waals surface area contributed by atoms with Crippen LogP contribution in [0.2, 0.25) is 10.0 Å². The summed E-state index contributed by atoms with van der Waals surface area (Å²) in [6, 6.07) is 3.24. The lowest BCUT2D eigenvalue weighted by Gasteiger charge is -2.12. The van der Waals surface area contributed by atoms with E-state index in [1.165, 1.54) is 6.20 Å². The number of rotatable bonds is 1. The lowest BCUT2D eigenvalue weighted by atomic mass is 10.2. The van der Waals surface area contributed by atoms with Gasteiger partial charge in [-0.15, -0.1) is 0 Å². The molecule has 9 heteroatoms. The number of aromatic nitrogens is 2. The van der Waals surface area contributed by atoms with Gasteiger partial charge in [0.05, 0.1) is 21.2 Å². The van der Waals surface area contributed by atoms with E-state index in [0.29, 0.717) is 0 Å². The number of halogens is 6. The van der Waals surface area contributed by atoms with E-state index in [4.69, 9.17) is 40.1 Å². The minimum absolute atomic E-state index is 0.00968. The summed E-state index contributed by atoms with van der Waals surface area (Å²) in [7, 11) is 0. The topological polar surface area (TPSA) is 41.6 Å². The first-order chi connectivity index (χ1) is 10.3. The van der Waals surface area contributed by atoms with Crippen molar-refractivity contribution in [2.24, 2.45) is 0 Å². The van der Waals surface area contributed by atoms with Crippen LogP contribution in [-0.2, 0) is 6.18 Å². The van der Waals surface area contributed by atoms with Gasteiger partial charge < -0.3 is 0 Å². The summed E-state index contributed by atoms with van der Waals surface area (Å²) in [5.74, 6) is 2.44. The zero-order valence-corrected chi connectivity index (χ0v) is 12.6. The third-order valence-corrected chi connectivity index (χ3v) is 3.25. The highest BCUT2D eigenvalue weighted by molar-refractivity contribution is 6.37. The van der Waals surface area contributed by atoms with Crippen molar-refractivity contribution in [1.82, 2.24) is 9.78 Å². The Balaban J connectivity index is 2.63. The van der Waals surface area contributed by atoms with E-state index in [-0.39, 0.29) is 27.0 Å². The summed E-state index contributed by atoms with van der Waals surface area (Å²) in [6.45, 7) is 0. The predicted octanol–water partition coefficient (Wildman–Crippen LogP) is 4.62. The fourth-order valence-electron chi connectivity index (χ4n) is 1.66. The molecule has 0 atom stereocenters. The van der Waals surface area contributed by atoms with Gasteiger partial charge in [-0.25, -0.2) is 4.68 Å². The zero-order valence-electron chi connectivity index (χ0n) is 10.3. The van der Waals surface area contributed by atoms with E-state index in [0.717, 1.165) is 16.8 Å². The first-order valence-electron chi connectivity index (χ1n) is 5.46. The van der Waals surface area contributed by atoms with Gasteiger partial charge in [-0.2, -0.15) is 23.5 Å². The van der Waals surface area contributed by atoms with E-state index >= 15 is 0 Å². The third-order valence-electron chi connectivity index (χ3n) is 2.58. The quantitative estimate of drug-likeness (QED) is 0.693. The molecule has 0 bridgehead atoms. The smallest absolute Gasteiger partial charge is 0.235 e. The Morgan fingerprint density at radius 1 is 1.18 bits per heavy atom. The SMILES string of the molecule is N#Cc1nn(-c2c(Cl)cc(C(F)(F)F)cc2Cl)cc1C#CCl. The molecule has 112 valence electrons. The highest BCUT2D eigenvalue weighted by Gasteiger charge is 2.32. The van der Waals surface area contributed by atoms with Gasteiger partial charge in [0.2, 0.25) is 0 Å². The van der Waals surface area contributed by atoms with Crippen LogP contribution >= 0.6 is 34.8 Å². The molecule has 1 heterocycles. The monoisotopic (exact) mass is 363 g/mol. The second-order valence-electron chi connectivity index (χ2n) is 3.95. The molecule has 0 N–H and O–H groups in total. The first-order valence-corrected chi connectivity index (χ1v) is 6.59. The van der Waals surface area contributed by atoms with Gasteiger partial charge in [-0.3, -0.25) is 0 Å². The van der Waals surface area contributed by atoms with Crippen LogP contribution in [0, 0.1) is 22.6 Å². The van der Waals surface area contributed by atoms with Crippen molar-refractivity contribution >= 4 is 34.8 Å². The third kappa shape index (κ3) is 3.15. The van der Waals surface area contributed by atoms with Crippen LogP contribution in [0.5, 0.6) is 0 Å². The molecule has 22 heavy (non-hydrogen) atoms. The molecule has 0 aliphatic heterocycles. The van der Waals surface area contributed by atoms with Crippen LogP contribution in [0.15, 0.2) is 18.3 Å². The first kappa shape index (κ1) is 16.5. The van der Waals surface area contributed by atoms with Crippen molar-refractivity contribution in [1.29, 1.82) is 5.26 Å². The largest absolute Gasteiger partial charge is 0.416 e. The highest BCUT2D eigenvalue weighted by Crippen LogP contribution is 2.37. The lowest BCUT2D eigenvalue weighted by Crippen LogP contribution is -2.07. The Hall–Kier alpha value is -1.86. The molecule has 1 aromatic carbocycles.